The Bertz CT molecular complexity index is 476. The second kappa shape index (κ2) is 5.35. The fraction of sp³-hybridized carbons (Fsp3) is 0.385. The summed E-state index contributed by atoms with van der Waals surface area (Å²) < 4.78 is 4.84. The molecule has 0 bridgehead atoms. The number of carbonyl (C=O) groups is 1. The molecule has 0 aliphatic carbocycles. The largest absolute Gasteiger partial charge is 0.467 e. The van der Waals surface area contributed by atoms with Gasteiger partial charge in [0, 0.05) is 17.8 Å². The molecule has 0 amide bonds. The van der Waals surface area contributed by atoms with Crippen molar-refractivity contribution < 1.29 is 9.53 Å². The van der Waals surface area contributed by atoms with Crippen LogP contribution in [0.4, 0.5) is 5.69 Å². The zero-order valence-corrected chi connectivity index (χ0v) is 11.1. The van der Waals surface area contributed by atoms with E-state index in [9.17, 15) is 4.79 Å². The fourth-order valence-electron chi connectivity index (χ4n) is 2.37. The third-order valence-corrected chi connectivity index (χ3v) is 3.42. The molecule has 0 aromatic heterocycles. The lowest BCUT2D eigenvalue weighted by Gasteiger charge is -2.26. The molecule has 1 fully saturated rings. The van der Waals surface area contributed by atoms with E-state index in [1.165, 1.54) is 7.11 Å². The normalized spacial score (nSPS) is 18.7. The highest BCUT2D eigenvalue weighted by Gasteiger charge is 2.32. The minimum Gasteiger partial charge on any atom is -0.467 e. The predicted molar refractivity (Wildman–Crippen MR) is 74.7 cm³/mol. The minimum absolute atomic E-state index is 0.203. The van der Waals surface area contributed by atoms with Gasteiger partial charge in [-0.2, -0.15) is 0 Å². The Morgan fingerprint density at radius 1 is 1.50 bits per heavy atom. The highest BCUT2D eigenvalue weighted by molar-refractivity contribution is 7.80. The molecule has 2 rings (SSSR count). The van der Waals surface area contributed by atoms with Crippen LogP contribution in [-0.4, -0.2) is 30.7 Å². The van der Waals surface area contributed by atoms with Crippen LogP contribution in [0.3, 0.4) is 0 Å². The number of methoxy groups -OCH3 is 1. The van der Waals surface area contributed by atoms with E-state index < -0.39 is 0 Å². The van der Waals surface area contributed by atoms with Gasteiger partial charge >= 0.3 is 5.97 Å². The van der Waals surface area contributed by atoms with Gasteiger partial charge in [0.15, 0.2) is 0 Å². The maximum atomic E-state index is 11.8. The second-order valence-corrected chi connectivity index (χ2v) is 4.70. The number of hydrogen-bond acceptors (Lipinski definition) is 4. The Kier molecular flexibility index (Phi) is 3.81. The quantitative estimate of drug-likeness (QED) is 0.661. The Morgan fingerprint density at radius 2 is 2.22 bits per heavy atom. The van der Waals surface area contributed by atoms with E-state index in [1.54, 1.807) is 0 Å². The molecular formula is C13H16N2O2S. The highest BCUT2D eigenvalue weighted by atomic mass is 32.1. The van der Waals surface area contributed by atoms with Gasteiger partial charge in [0.1, 0.15) is 11.0 Å². The highest BCUT2D eigenvalue weighted by Crippen LogP contribution is 2.29. The van der Waals surface area contributed by atoms with Gasteiger partial charge < -0.3 is 15.4 Å². The molecule has 1 saturated heterocycles. The van der Waals surface area contributed by atoms with Crippen molar-refractivity contribution in [2.24, 2.45) is 5.73 Å². The van der Waals surface area contributed by atoms with Crippen molar-refractivity contribution >= 4 is 28.9 Å². The van der Waals surface area contributed by atoms with Gasteiger partial charge in [0.25, 0.3) is 0 Å². The lowest BCUT2D eigenvalue weighted by molar-refractivity contribution is -0.141. The first-order chi connectivity index (χ1) is 8.65. The Morgan fingerprint density at radius 3 is 2.89 bits per heavy atom. The summed E-state index contributed by atoms with van der Waals surface area (Å²) in [6.45, 7) is 0.819. The molecule has 0 radical (unpaired) electrons. The molecule has 5 heteroatoms. The van der Waals surface area contributed by atoms with Crippen molar-refractivity contribution in [3.63, 3.8) is 0 Å². The number of esters is 1. The third-order valence-electron chi connectivity index (χ3n) is 3.21. The molecule has 1 aliphatic heterocycles. The van der Waals surface area contributed by atoms with Crippen molar-refractivity contribution in [2.75, 3.05) is 18.6 Å². The summed E-state index contributed by atoms with van der Waals surface area (Å²) in [6.07, 6.45) is 1.77. The maximum absolute atomic E-state index is 11.8. The van der Waals surface area contributed by atoms with Gasteiger partial charge in [0.05, 0.1) is 7.11 Å². The van der Waals surface area contributed by atoms with E-state index in [2.05, 4.69) is 0 Å². The third kappa shape index (κ3) is 2.31. The lowest BCUT2D eigenvalue weighted by Crippen LogP contribution is -2.38. The van der Waals surface area contributed by atoms with Crippen LogP contribution < -0.4 is 10.6 Å². The molecule has 0 spiro atoms. The van der Waals surface area contributed by atoms with E-state index in [-0.39, 0.29) is 12.0 Å². The van der Waals surface area contributed by atoms with Crippen LogP contribution >= 0.6 is 12.2 Å². The summed E-state index contributed by atoms with van der Waals surface area (Å²) in [5, 5.41) is 0. The maximum Gasteiger partial charge on any atom is 0.328 e. The summed E-state index contributed by atoms with van der Waals surface area (Å²) in [5.74, 6) is -0.203. The number of thiocarbonyl (C=S) groups is 1. The number of nitrogens with two attached hydrogens (primary N) is 1. The van der Waals surface area contributed by atoms with E-state index in [4.69, 9.17) is 22.7 Å². The number of hydrogen-bond donors (Lipinski definition) is 1. The van der Waals surface area contributed by atoms with Crippen molar-refractivity contribution in [2.45, 2.75) is 18.9 Å². The van der Waals surface area contributed by atoms with Gasteiger partial charge in [-0.3, -0.25) is 0 Å². The summed E-state index contributed by atoms with van der Waals surface area (Å²) in [7, 11) is 1.41. The smallest absolute Gasteiger partial charge is 0.328 e. The molecular weight excluding hydrogens is 248 g/mol. The lowest BCUT2D eigenvalue weighted by atomic mass is 10.1. The summed E-state index contributed by atoms with van der Waals surface area (Å²) in [4.78, 5) is 14.1. The first-order valence-corrected chi connectivity index (χ1v) is 6.29. The van der Waals surface area contributed by atoms with Crippen LogP contribution in [0.1, 0.15) is 18.4 Å². The van der Waals surface area contributed by atoms with Crippen LogP contribution in [0.2, 0.25) is 0 Å². The van der Waals surface area contributed by atoms with Gasteiger partial charge in [0.2, 0.25) is 0 Å². The number of rotatable bonds is 3. The predicted octanol–water partition coefficient (Wildman–Crippen LogP) is 1.46. The first-order valence-electron chi connectivity index (χ1n) is 5.88. The monoisotopic (exact) mass is 264 g/mol. The molecule has 4 nitrogen and oxygen atoms in total. The number of anilines is 1. The van der Waals surface area contributed by atoms with Crippen molar-refractivity contribution in [3.8, 4) is 0 Å². The molecule has 1 atom stereocenters. The van der Waals surface area contributed by atoms with Gasteiger partial charge in [-0.15, -0.1) is 0 Å². The first kappa shape index (κ1) is 12.8. The number of nitrogens with zero attached hydrogens (tertiary/aromatic N) is 1. The topological polar surface area (TPSA) is 55.6 Å². The molecule has 1 heterocycles. The van der Waals surface area contributed by atoms with E-state index in [0.29, 0.717) is 4.99 Å². The molecule has 96 valence electrons. The van der Waals surface area contributed by atoms with Gasteiger partial charge in [-0.25, -0.2) is 4.79 Å². The molecule has 1 aliphatic rings. The summed E-state index contributed by atoms with van der Waals surface area (Å²) in [5.41, 5.74) is 7.45. The molecule has 1 aromatic rings. The van der Waals surface area contributed by atoms with Crippen LogP contribution in [0, 0.1) is 0 Å². The molecule has 18 heavy (non-hydrogen) atoms. The summed E-state index contributed by atoms with van der Waals surface area (Å²) >= 11 is 5.05. The van der Waals surface area contributed by atoms with E-state index >= 15 is 0 Å². The SMILES string of the molecule is COC(=O)C1CCCN1c1ccccc1C(N)=S. The van der Waals surface area contributed by atoms with Crippen LogP contribution in [0.15, 0.2) is 24.3 Å². The summed E-state index contributed by atoms with van der Waals surface area (Å²) in [6, 6.07) is 7.40. The Balaban J connectivity index is 2.36. The molecule has 1 aromatic carbocycles. The van der Waals surface area contributed by atoms with Gasteiger partial charge in [-0.05, 0) is 25.0 Å². The van der Waals surface area contributed by atoms with Crippen molar-refractivity contribution in [1.29, 1.82) is 0 Å². The zero-order valence-electron chi connectivity index (χ0n) is 10.3. The van der Waals surface area contributed by atoms with E-state index in [0.717, 1.165) is 30.6 Å². The zero-order chi connectivity index (χ0) is 13.1. The number of para-hydroxylation sites is 1. The average molecular weight is 264 g/mol. The molecule has 2 N–H and O–H groups in total. The van der Waals surface area contributed by atoms with Crippen LogP contribution in [0.25, 0.3) is 0 Å². The minimum atomic E-state index is -0.231. The van der Waals surface area contributed by atoms with Crippen molar-refractivity contribution in [1.82, 2.24) is 0 Å². The number of benzene rings is 1. The average Bonchev–Trinajstić information content (AvgIpc) is 2.86. The fourth-order valence-corrected chi connectivity index (χ4v) is 2.54. The Labute approximate surface area is 112 Å². The standard InChI is InChI=1S/C13H16N2O2S/c1-17-13(16)11-7-4-8-15(11)10-6-3-2-5-9(10)12(14)18/h2-3,5-6,11H,4,7-8H2,1H3,(H2,14,18). The van der Waals surface area contributed by atoms with Gasteiger partial charge in [-0.1, -0.05) is 24.4 Å². The Hall–Kier alpha value is -1.62. The second-order valence-electron chi connectivity index (χ2n) is 4.26. The van der Waals surface area contributed by atoms with E-state index in [1.807, 2.05) is 29.2 Å². The van der Waals surface area contributed by atoms with Crippen molar-refractivity contribution in [3.05, 3.63) is 29.8 Å². The van der Waals surface area contributed by atoms with Crippen LogP contribution in [-0.2, 0) is 9.53 Å². The molecule has 1 unspecified atom stereocenters. The number of ether oxygens (including phenoxy) is 1. The number of carbonyl (C=O) groups excluding carboxylic acids is 1. The van der Waals surface area contributed by atoms with Crippen LogP contribution in [0.5, 0.6) is 0 Å². The molecule has 0 saturated carbocycles.